The molecule has 13 aromatic rings. The third-order valence-corrected chi connectivity index (χ3v) is 13.0. The van der Waals surface area contributed by atoms with E-state index in [9.17, 15) is 0 Å². The Morgan fingerprint density at radius 1 is 0.258 bits per heavy atom. The molecule has 0 unspecified atom stereocenters. The topological polar surface area (TPSA) is 32.8 Å². The Morgan fingerprint density at radius 2 is 0.758 bits per heavy atom. The van der Waals surface area contributed by atoms with E-state index in [0.717, 1.165) is 122 Å². The third-order valence-electron chi connectivity index (χ3n) is 13.0. The smallest absolute Gasteiger partial charge is 0.159 e. The maximum atomic E-state index is 7.13. The van der Waals surface area contributed by atoms with E-state index in [1.165, 1.54) is 0 Å². The van der Waals surface area contributed by atoms with Crippen molar-refractivity contribution < 1.29 is 8.83 Å². The quantitative estimate of drug-likeness (QED) is 0.143. The maximum Gasteiger partial charge on any atom is 0.159 e. The number of fused-ring (bicyclic) bond motifs is 11. The van der Waals surface area contributed by atoms with Crippen LogP contribution >= 0.6 is 0 Å². The first kappa shape index (κ1) is 37.7. The Balaban J connectivity index is 1.04. The summed E-state index contributed by atoms with van der Waals surface area (Å²) in [5.41, 5.74) is 14.2. The molecule has 0 aliphatic carbocycles. The van der Waals surface area contributed by atoms with Crippen molar-refractivity contribution in [2.75, 3.05) is 9.80 Å². The molecule has 0 atom stereocenters. The van der Waals surface area contributed by atoms with Crippen LogP contribution in [-0.4, -0.2) is 0 Å². The summed E-state index contributed by atoms with van der Waals surface area (Å²) in [5.74, 6) is 0. The normalized spacial score (nSPS) is 11.6. The summed E-state index contributed by atoms with van der Waals surface area (Å²) in [6.07, 6.45) is 0. The molecule has 4 nitrogen and oxygen atoms in total. The molecule has 0 aliphatic heterocycles. The van der Waals surface area contributed by atoms with Crippen molar-refractivity contribution in [1.29, 1.82) is 0 Å². The summed E-state index contributed by atoms with van der Waals surface area (Å²) in [7, 11) is 0. The van der Waals surface area contributed by atoms with E-state index in [0.29, 0.717) is 0 Å². The number of hydrogen-bond acceptors (Lipinski definition) is 4. The van der Waals surface area contributed by atoms with Crippen molar-refractivity contribution in [3.8, 4) is 22.3 Å². The lowest BCUT2D eigenvalue weighted by Gasteiger charge is -2.28. The summed E-state index contributed by atoms with van der Waals surface area (Å²) in [6, 6.07) is 86.1. The standard InChI is InChI=1S/C62H40N2O2/c1-4-19-41(20-5-1)46-25-12-15-31-55(46)63(43-23-8-3-9-24-43)45-36-38-53-59(40-45)66-62-52-37-35-44(39-54(52)48-27-10-11-29-50(48)60(53)62)64(56-32-16-13-26-47(56)42-21-6-2-7-22-42)57-33-18-30-51-49-28-14-17-34-58(49)65-61(51)57/h1-40H. The largest absolute Gasteiger partial charge is 0.455 e. The second kappa shape index (κ2) is 15.4. The zero-order chi connectivity index (χ0) is 43.6. The Labute approximate surface area is 381 Å². The van der Waals surface area contributed by atoms with Crippen molar-refractivity contribution in [2.45, 2.75) is 0 Å². The van der Waals surface area contributed by atoms with E-state index in [2.05, 4.69) is 240 Å². The highest BCUT2D eigenvalue weighted by Crippen LogP contribution is 2.49. The predicted molar refractivity (Wildman–Crippen MR) is 276 cm³/mol. The SMILES string of the molecule is c1ccc(-c2ccccc2N(c2ccccc2)c2ccc3c(c2)oc2c4ccc(N(c5ccccc5-c5ccccc5)c5cccc6c5oc5ccccc56)cc4c4ccccc4c32)cc1. The second-order valence-electron chi connectivity index (χ2n) is 16.8. The number of hydrogen-bond donors (Lipinski definition) is 0. The van der Waals surface area contributed by atoms with Crippen LogP contribution in [0.5, 0.6) is 0 Å². The molecule has 0 saturated heterocycles. The molecule has 2 aromatic heterocycles. The van der Waals surface area contributed by atoms with Crippen LogP contribution in [0.4, 0.5) is 34.1 Å². The molecule has 0 amide bonds. The van der Waals surface area contributed by atoms with E-state index in [4.69, 9.17) is 8.83 Å². The van der Waals surface area contributed by atoms with Gasteiger partial charge in [-0.3, -0.25) is 0 Å². The van der Waals surface area contributed by atoms with Gasteiger partial charge in [0.05, 0.1) is 17.1 Å². The molecule has 310 valence electrons. The van der Waals surface area contributed by atoms with Gasteiger partial charge in [0, 0.05) is 61.2 Å². The van der Waals surface area contributed by atoms with Crippen molar-refractivity contribution in [3.63, 3.8) is 0 Å². The lowest BCUT2D eigenvalue weighted by Crippen LogP contribution is -2.11. The van der Waals surface area contributed by atoms with Gasteiger partial charge < -0.3 is 18.6 Å². The molecule has 0 radical (unpaired) electrons. The van der Waals surface area contributed by atoms with Crippen LogP contribution in [0.2, 0.25) is 0 Å². The van der Waals surface area contributed by atoms with Crippen LogP contribution < -0.4 is 9.80 Å². The van der Waals surface area contributed by atoms with Gasteiger partial charge in [-0.15, -0.1) is 0 Å². The van der Waals surface area contributed by atoms with Crippen molar-refractivity contribution in [2.24, 2.45) is 0 Å². The minimum atomic E-state index is 0.831. The van der Waals surface area contributed by atoms with Crippen molar-refractivity contribution in [1.82, 2.24) is 0 Å². The van der Waals surface area contributed by atoms with Crippen LogP contribution in [0.25, 0.3) is 87.7 Å². The average Bonchev–Trinajstić information content (AvgIpc) is 3.97. The Kier molecular flexibility index (Phi) is 8.81. The summed E-state index contributed by atoms with van der Waals surface area (Å²) >= 11 is 0. The molecule has 2 heterocycles. The van der Waals surface area contributed by atoms with E-state index in [1.807, 2.05) is 12.1 Å². The fourth-order valence-electron chi connectivity index (χ4n) is 10.1. The van der Waals surface area contributed by atoms with Crippen LogP contribution in [0.15, 0.2) is 251 Å². The molecule has 0 aliphatic rings. The maximum absolute atomic E-state index is 7.13. The highest BCUT2D eigenvalue weighted by molar-refractivity contribution is 6.30. The lowest BCUT2D eigenvalue weighted by molar-refractivity contribution is 0.669. The van der Waals surface area contributed by atoms with Gasteiger partial charge in [-0.25, -0.2) is 0 Å². The zero-order valence-corrected chi connectivity index (χ0v) is 35.8. The van der Waals surface area contributed by atoms with Crippen LogP contribution in [0, 0.1) is 0 Å². The summed E-state index contributed by atoms with van der Waals surface area (Å²) in [4.78, 5) is 4.70. The van der Waals surface area contributed by atoms with Gasteiger partial charge in [0.15, 0.2) is 5.58 Å². The first-order valence-electron chi connectivity index (χ1n) is 22.4. The first-order valence-corrected chi connectivity index (χ1v) is 22.4. The molecule has 0 saturated carbocycles. The van der Waals surface area contributed by atoms with Gasteiger partial charge in [-0.05, 0) is 94.0 Å². The number of para-hydroxylation sites is 5. The Bertz CT molecular complexity index is 3950. The Hall–Kier alpha value is -8.86. The molecule has 66 heavy (non-hydrogen) atoms. The zero-order valence-electron chi connectivity index (χ0n) is 35.8. The van der Waals surface area contributed by atoms with E-state index in [-0.39, 0.29) is 0 Å². The average molecular weight is 845 g/mol. The van der Waals surface area contributed by atoms with E-state index in [1.54, 1.807) is 0 Å². The van der Waals surface area contributed by atoms with Crippen LogP contribution in [0.3, 0.4) is 0 Å². The highest BCUT2D eigenvalue weighted by atomic mass is 16.3. The number of benzene rings is 11. The number of rotatable bonds is 8. The molecule has 4 heteroatoms. The van der Waals surface area contributed by atoms with E-state index < -0.39 is 0 Å². The fourth-order valence-corrected chi connectivity index (χ4v) is 10.1. The van der Waals surface area contributed by atoms with Gasteiger partial charge in [-0.1, -0.05) is 170 Å². The number of anilines is 6. The molecule has 13 rings (SSSR count). The van der Waals surface area contributed by atoms with Gasteiger partial charge in [0.1, 0.15) is 16.7 Å². The fraction of sp³-hybridized carbons (Fsp3) is 0. The summed E-state index contributed by atoms with van der Waals surface area (Å²) < 4.78 is 13.9. The van der Waals surface area contributed by atoms with Gasteiger partial charge in [0.25, 0.3) is 0 Å². The number of furan rings is 2. The molecule has 11 aromatic carbocycles. The first-order chi connectivity index (χ1) is 32.8. The summed E-state index contributed by atoms with van der Waals surface area (Å²) in [5, 5.41) is 8.83. The molecule has 0 spiro atoms. The molecule has 0 bridgehead atoms. The molecule has 0 N–H and O–H groups in total. The minimum Gasteiger partial charge on any atom is -0.455 e. The molecule has 0 fully saturated rings. The van der Waals surface area contributed by atoms with Gasteiger partial charge >= 0.3 is 0 Å². The number of nitrogens with zero attached hydrogens (tertiary/aromatic N) is 2. The second-order valence-corrected chi connectivity index (χ2v) is 16.8. The predicted octanol–water partition coefficient (Wildman–Crippen LogP) is 18.1. The van der Waals surface area contributed by atoms with Crippen molar-refractivity contribution >= 4 is 99.5 Å². The summed E-state index contributed by atoms with van der Waals surface area (Å²) in [6.45, 7) is 0. The third kappa shape index (κ3) is 6.07. The van der Waals surface area contributed by atoms with Gasteiger partial charge in [-0.2, -0.15) is 0 Å². The molecular weight excluding hydrogens is 805 g/mol. The van der Waals surface area contributed by atoms with Crippen LogP contribution in [-0.2, 0) is 0 Å². The highest BCUT2D eigenvalue weighted by Gasteiger charge is 2.25. The Morgan fingerprint density at radius 3 is 1.47 bits per heavy atom. The lowest BCUT2D eigenvalue weighted by atomic mass is 9.95. The monoisotopic (exact) mass is 844 g/mol. The van der Waals surface area contributed by atoms with Crippen LogP contribution in [0.1, 0.15) is 0 Å². The minimum absolute atomic E-state index is 0.831. The van der Waals surface area contributed by atoms with Crippen molar-refractivity contribution in [3.05, 3.63) is 243 Å². The van der Waals surface area contributed by atoms with Gasteiger partial charge in [0.2, 0.25) is 0 Å². The van der Waals surface area contributed by atoms with E-state index >= 15 is 0 Å². The molecular formula is C62H40N2O2.